The number of aromatic nitrogens is 1. The summed E-state index contributed by atoms with van der Waals surface area (Å²) >= 11 is 0. The molecule has 1 aromatic heterocycles. The summed E-state index contributed by atoms with van der Waals surface area (Å²) < 4.78 is 17.1. The number of rotatable bonds is 10. The molecule has 1 aliphatic carbocycles. The van der Waals surface area contributed by atoms with E-state index in [9.17, 15) is 24.3 Å². The first-order valence-corrected chi connectivity index (χ1v) is 15.4. The molecule has 0 spiro atoms. The summed E-state index contributed by atoms with van der Waals surface area (Å²) in [6, 6.07) is 14.7. The van der Waals surface area contributed by atoms with Crippen LogP contribution in [0.1, 0.15) is 47.0 Å². The molecule has 3 amide bonds. The minimum absolute atomic E-state index is 0.00142. The van der Waals surface area contributed by atoms with E-state index >= 15 is 0 Å². The normalized spacial score (nSPS) is 19.0. The van der Waals surface area contributed by atoms with Gasteiger partial charge in [0, 0.05) is 29.5 Å². The van der Waals surface area contributed by atoms with Gasteiger partial charge < -0.3 is 34.9 Å². The maximum atomic E-state index is 14.2. The molecular formula is C35H40N4O8. The maximum Gasteiger partial charge on any atom is 0.412 e. The van der Waals surface area contributed by atoms with Gasteiger partial charge in [-0.25, -0.2) is 14.6 Å². The van der Waals surface area contributed by atoms with E-state index < -0.39 is 53.0 Å². The summed E-state index contributed by atoms with van der Waals surface area (Å²) in [5, 5.41) is 15.7. The van der Waals surface area contributed by atoms with Gasteiger partial charge in [-0.2, -0.15) is 0 Å². The lowest BCUT2D eigenvalue weighted by Crippen LogP contribution is -2.59. The summed E-state index contributed by atoms with van der Waals surface area (Å²) in [5.41, 5.74) is 0.0156. The van der Waals surface area contributed by atoms with Gasteiger partial charge in [0.2, 0.25) is 11.8 Å². The third-order valence-corrected chi connectivity index (χ3v) is 8.35. The van der Waals surface area contributed by atoms with Gasteiger partial charge in [-0.3, -0.25) is 9.59 Å². The topological polar surface area (TPSA) is 156 Å². The molecule has 47 heavy (non-hydrogen) atoms. The zero-order chi connectivity index (χ0) is 34.1. The Morgan fingerprint density at radius 3 is 2.38 bits per heavy atom. The Morgan fingerprint density at radius 1 is 1.09 bits per heavy atom. The molecule has 3 N–H and O–H groups in total. The molecule has 248 valence electrons. The van der Waals surface area contributed by atoms with Gasteiger partial charge in [-0.15, -0.1) is 0 Å². The molecule has 12 nitrogen and oxygen atoms in total. The number of amides is 3. The third kappa shape index (κ3) is 7.32. The van der Waals surface area contributed by atoms with E-state index in [0.29, 0.717) is 40.9 Å². The van der Waals surface area contributed by atoms with Crippen LogP contribution in [0.5, 0.6) is 11.5 Å². The van der Waals surface area contributed by atoms with E-state index in [4.69, 9.17) is 19.2 Å². The van der Waals surface area contributed by atoms with Gasteiger partial charge in [-0.1, -0.05) is 57.7 Å². The van der Waals surface area contributed by atoms with E-state index in [-0.39, 0.29) is 18.7 Å². The number of allylic oxidation sites excluding steroid dienone is 1. The highest BCUT2D eigenvalue weighted by molar-refractivity contribution is 5.96. The number of hydrogen-bond donors (Lipinski definition) is 3. The van der Waals surface area contributed by atoms with Crippen molar-refractivity contribution in [3.05, 3.63) is 66.9 Å². The second-order valence-electron chi connectivity index (χ2n) is 13.1. The van der Waals surface area contributed by atoms with Crippen LogP contribution in [0, 0.1) is 5.41 Å². The van der Waals surface area contributed by atoms with Gasteiger partial charge in [0.25, 0.3) is 0 Å². The predicted molar refractivity (Wildman–Crippen MR) is 174 cm³/mol. The fraction of sp³-hybridized carbons (Fsp3) is 0.400. The monoisotopic (exact) mass is 644 g/mol. The molecular weight excluding hydrogens is 604 g/mol. The quantitative estimate of drug-likeness (QED) is 0.267. The number of methoxy groups -OCH3 is 1. The number of carbonyl (C=O) groups excluding carboxylic acids is 3. The standard InChI is InChI=1S/C35H40N4O8/c1-20(2)46-33(44)37-29(34(3,4)5)31(41)39-19-23(17-27(39)30(40)38-35(14-15-35)32(42)43)47-28-18-25(21-10-8-7-9-11-21)36-26-16-22(45-6)12-13-24(26)28/h7-13,16,18,23,27,29H,1,14-15,17,19H2,2-6H3,(H,37,44)(H,38,40)(H,42,43)/t23-,27+,29-/m1/s1. The summed E-state index contributed by atoms with van der Waals surface area (Å²) in [6.45, 7) is 10.4. The zero-order valence-corrected chi connectivity index (χ0v) is 27.2. The number of carboxylic acid groups (broad SMARTS) is 1. The Kier molecular flexibility index (Phi) is 9.15. The second kappa shape index (κ2) is 12.9. The lowest BCUT2D eigenvalue weighted by Gasteiger charge is -2.35. The Morgan fingerprint density at radius 2 is 1.79 bits per heavy atom. The van der Waals surface area contributed by atoms with Crippen LogP contribution in [-0.4, -0.2) is 76.2 Å². The number of carbonyl (C=O) groups is 4. The molecule has 3 atom stereocenters. The first kappa shape index (κ1) is 33.2. The molecule has 2 fully saturated rings. The number of benzene rings is 2. The smallest absolute Gasteiger partial charge is 0.412 e. The van der Waals surface area contributed by atoms with Crippen LogP contribution in [-0.2, 0) is 19.1 Å². The van der Waals surface area contributed by atoms with Gasteiger partial charge >= 0.3 is 12.1 Å². The van der Waals surface area contributed by atoms with Crippen molar-refractivity contribution in [1.29, 1.82) is 0 Å². The van der Waals surface area contributed by atoms with Crippen molar-refractivity contribution in [2.75, 3.05) is 13.7 Å². The molecule has 2 aromatic carbocycles. The van der Waals surface area contributed by atoms with Crippen LogP contribution in [0.15, 0.2) is 66.9 Å². The molecule has 2 heterocycles. The number of hydrogen-bond acceptors (Lipinski definition) is 8. The van der Waals surface area contributed by atoms with E-state index in [1.54, 1.807) is 40.0 Å². The van der Waals surface area contributed by atoms with Crippen LogP contribution in [0.3, 0.4) is 0 Å². The minimum atomic E-state index is -1.36. The Hall–Kier alpha value is -5.13. The van der Waals surface area contributed by atoms with Crippen molar-refractivity contribution < 1.29 is 38.5 Å². The Bertz CT molecular complexity index is 1710. The molecule has 3 aromatic rings. The number of likely N-dealkylation sites (tertiary alicyclic amines) is 1. The van der Waals surface area contributed by atoms with Gasteiger partial charge in [0.1, 0.15) is 35.2 Å². The third-order valence-electron chi connectivity index (χ3n) is 8.35. The molecule has 1 saturated heterocycles. The predicted octanol–water partition coefficient (Wildman–Crippen LogP) is 4.67. The van der Waals surface area contributed by atoms with Crippen molar-refractivity contribution in [1.82, 2.24) is 20.5 Å². The fourth-order valence-electron chi connectivity index (χ4n) is 5.67. The molecule has 12 heteroatoms. The molecule has 1 saturated carbocycles. The maximum absolute atomic E-state index is 14.2. The molecule has 2 aliphatic rings. The van der Waals surface area contributed by atoms with Crippen molar-refractivity contribution >= 4 is 34.8 Å². The number of aliphatic carboxylic acids is 1. The first-order chi connectivity index (χ1) is 22.2. The van der Waals surface area contributed by atoms with Crippen LogP contribution in [0.4, 0.5) is 4.79 Å². The van der Waals surface area contributed by atoms with Gasteiger partial charge in [0.05, 0.1) is 30.6 Å². The lowest BCUT2D eigenvalue weighted by atomic mass is 9.85. The molecule has 1 aliphatic heterocycles. The van der Waals surface area contributed by atoms with Crippen LogP contribution >= 0.6 is 0 Å². The number of carboxylic acids is 1. The van der Waals surface area contributed by atoms with Crippen LogP contribution in [0.25, 0.3) is 22.2 Å². The van der Waals surface area contributed by atoms with E-state index in [2.05, 4.69) is 17.2 Å². The summed E-state index contributed by atoms with van der Waals surface area (Å²) in [5.74, 6) is -0.996. The van der Waals surface area contributed by atoms with Gasteiger partial charge in [0.15, 0.2) is 0 Å². The van der Waals surface area contributed by atoms with Crippen molar-refractivity contribution in [3.8, 4) is 22.8 Å². The summed E-state index contributed by atoms with van der Waals surface area (Å²) in [7, 11) is 1.57. The van der Waals surface area contributed by atoms with E-state index in [1.165, 1.54) is 11.8 Å². The average Bonchev–Trinajstić information content (AvgIpc) is 3.68. The average molecular weight is 645 g/mol. The Labute approximate surface area is 273 Å². The molecule has 0 unspecified atom stereocenters. The van der Waals surface area contributed by atoms with E-state index in [0.717, 1.165) is 5.56 Å². The van der Waals surface area contributed by atoms with Crippen molar-refractivity contribution in [3.63, 3.8) is 0 Å². The second-order valence-corrected chi connectivity index (χ2v) is 13.1. The number of fused-ring (bicyclic) bond motifs is 1. The number of alkyl carbamates (subject to hydrolysis) is 1. The zero-order valence-electron chi connectivity index (χ0n) is 27.2. The number of nitrogens with zero attached hydrogens (tertiary/aromatic N) is 2. The molecule has 0 bridgehead atoms. The van der Waals surface area contributed by atoms with Crippen molar-refractivity contribution in [2.24, 2.45) is 5.41 Å². The van der Waals surface area contributed by atoms with Gasteiger partial charge in [-0.05, 0) is 37.3 Å². The minimum Gasteiger partial charge on any atom is -0.497 e. The van der Waals surface area contributed by atoms with Crippen LogP contribution < -0.4 is 20.1 Å². The highest BCUT2D eigenvalue weighted by Crippen LogP contribution is 2.38. The summed E-state index contributed by atoms with van der Waals surface area (Å²) in [6.07, 6.45) is -0.839. The first-order valence-electron chi connectivity index (χ1n) is 15.4. The fourth-order valence-corrected chi connectivity index (χ4v) is 5.67. The largest absolute Gasteiger partial charge is 0.497 e. The highest BCUT2D eigenvalue weighted by atomic mass is 16.6. The highest BCUT2D eigenvalue weighted by Gasteiger charge is 2.54. The number of nitrogens with one attached hydrogen (secondary N) is 2. The van der Waals surface area contributed by atoms with Crippen molar-refractivity contribution in [2.45, 2.75) is 70.7 Å². The van der Waals surface area contributed by atoms with Crippen LogP contribution in [0.2, 0.25) is 0 Å². The SMILES string of the molecule is C=C(C)OC(=O)N[C@H](C(=O)N1C[C@H](Oc2cc(-c3ccccc3)nc3cc(OC)ccc23)C[C@H]1C(=O)NC1(C(=O)O)CC1)C(C)(C)C. The molecule has 5 rings (SSSR count). The number of ether oxygens (including phenoxy) is 3. The lowest BCUT2D eigenvalue weighted by molar-refractivity contribution is -0.146. The molecule has 0 radical (unpaired) electrons. The summed E-state index contributed by atoms with van der Waals surface area (Å²) in [4.78, 5) is 58.6. The number of pyridine rings is 1. The Balaban J connectivity index is 1.49. The van der Waals surface area contributed by atoms with E-state index in [1.807, 2.05) is 42.5 Å².